The van der Waals surface area contributed by atoms with Crippen LogP contribution in [0.25, 0.3) is 0 Å². The van der Waals surface area contributed by atoms with Crippen molar-refractivity contribution in [1.29, 1.82) is 0 Å². The van der Waals surface area contributed by atoms with Gasteiger partial charge in [-0.25, -0.2) is 14.5 Å². The number of para-hydroxylation sites is 1. The van der Waals surface area contributed by atoms with Crippen LogP contribution < -0.4 is 10.0 Å². The summed E-state index contributed by atoms with van der Waals surface area (Å²) in [5.74, 6) is 0.304. The second kappa shape index (κ2) is 8.18. The largest absolute Gasteiger partial charge is 0.385 e. The molecule has 0 bridgehead atoms. The van der Waals surface area contributed by atoms with Crippen LogP contribution in [0.15, 0.2) is 28.7 Å². The van der Waals surface area contributed by atoms with Gasteiger partial charge in [0, 0.05) is 11.9 Å². The number of benzene rings is 1. The fourth-order valence-electron chi connectivity index (χ4n) is 2.67. The molecular weight excluding hydrogens is 398 g/mol. The highest BCUT2D eigenvalue weighted by Gasteiger charge is 2.27. The number of aliphatic hydroxyl groups is 1. The smallest absolute Gasteiger partial charge is 0.333 e. The Morgan fingerprint density at radius 3 is 2.11 bits per heavy atom. The molecule has 0 atom stereocenters. The Hall–Kier alpha value is -1.97. The van der Waals surface area contributed by atoms with Crippen LogP contribution in [0, 0.1) is 0 Å². The number of rotatable bonds is 6. The Labute approximate surface area is 170 Å². The van der Waals surface area contributed by atoms with Gasteiger partial charge in [-0.15, -0.1) is 11.3 Å². The van der Waals surface area contributed by atoms with Crippen molar-refractivity contribution >= 4 is 33.1 Å². The molecule has 2 amide bonds. The maximum atomic E-state index is 12.5. The van der Waals surface area contributed by atoms with Crippen molar-refractivity contribution in [3.05, 3.63) is 40.4 Å². The summed E-state index contributed by atoms with van der Waals surface area (Å²) in [4.78, 5) is 16.7. The first-order valence-electron chi connectivity index (χ1n) is 8.98. The van der Waals surface area contributed by atoms with E-state index in [9.17, 15) is 18.3 Å². The highest BCUT2D eigenvalue weighted by atomic mass is 32.2. The van der Waals surface area contributed by atoms with Gasteiger partial charge in [-0.05, 0) is 36.8 Å². The van der Waals surface area contributed by atoms with E-state index < -0.39 is 21.7 Å². The van der Waals surface area contributed by atoms with Crippen molar-refractivity contribution in [3.8, 4) is 0 Å². The molecule has 1 aromatic carbocycles. The predicted molar refractivity (Wildman–Crippen MR) is 111 cm³/mol. The maximum Gasteiger partial charge on any atom is 0.333 e. The van der Waals surface area contributed by atoms with Gasteiger partial charge < -0.3 is 10.4 Å². The van der Waals surface area contributed by atoms with E-state index >= 15 is 0 Å². The summed E-state index contributed by atoms with van der Waals surface area (Å²) in [7, 11) is -4.15. The van der Waals surface area contributed by atoms with E-state index in [1.165, 1.54) is 20.0 Å². The molecule has 0 aliphatic heterocycles. The van der Waals surface area contributed by atoms with Crippen LogP contribution in [0.2, 0.25) is 0 Å². The Balaban J connectivity index is 2.28. The van der Waals surface area contributed by atoms with Crippen molar-refractivity contribution in [2.45, 2.75) is 63.3 Å². The molecule has 3 N–H and O–H groups in total. The molecule has 1 aromatic heterocycles. The van der Waals surface area contributed by atoms with E-state index in [0.717, 1.165) is 22.5 Å². The molecule has 2 rings (SSSR count). The SMILES string of the molecule is CC(C)c1cccc(C(C)C)c1NC(=O)NS(=O)(=O)c1ncc(C(C)(C)O)s1. The van der Waals surface area contributed by atoms with Gasteiger partial charge in [0.15, 0.2) is 0 Å². The molecule has 7 nitrogen and oxygen atoms in total. The highest BCUT2D eigenvalue weighted by Crippen LogP contribution is 2.32. The van der Waals surface area contributed by atoms with E-state index in [4.69, 9.17) is 0 Å². The van der Waals surface area contributed by atoms with Gasteiger partial charge >= 0.3 is 6.03 Å². The molecule has 0 saturated heterocycles. The monoisotopic (exact) mass is 425 g/mol. The summed E-state index contributed by atoms with van der Waals surface area (Å²) in [5.41, 5.74) is 1.27. The minimum absolute atomic E-state index is 0.152. The van der Waals surface area contributed by atoms with Crippen LogP contribution in [0.1, 0.15) is 69.4 Å². The maximum absolute atomic E-state index is 12.5. The third-order valence-corrected chi connectivity index (χ3v) is 7.19. The van der Waals surface area contributed by atoms with Gasteiger partial charge in [0.1, 0.15) is 0 Å². The lowest BCUT2D eigenvalue weighted by molar-refractivity contribution is 0.0823. The van der Waals surface area contributed by atoms with Gasteiger partial charge in [-0.3, -0.25) is 0 Å². The molecule has 0 unspecified atom stereocenters. The number of hydrogen-bond donors (Lipinski definition) is 3. The first-order valence-corrected chi connectivity index (χ1v) is 11.3. The molecule has 1 heterocycles. The second-order valence-corrected chi connectivity index (χ2v) is 10.6. The summed E-state index contributed by atoms with van der Waals surface area (Å²) in [6.07, 6.45) is 1.29. The van der Waals surface area contributed by atoms with E-state index in [0.29, 0.717) is 10.6 Å². The fourth-order valence-corrected chi connectivity index (χ4v) is 4.72. The van der Waals surface area contributed by atoms with Gasteiger partial charge in [0.05, 0.1) is 10.5 Å². The molecule has 154 valence electrons. The molecule has 0 fully saturated rings. The molecule has 0 radical (unpaired) electrons. The zero-order valence-electron chi connectivity index (χ0n) is 16.9. The Morgan fingerprint density at radius 2 is 1.68 bits per heavy atom. The van der Waals surface area contributed by atoms with Crippen molar-refractivity contribution in [2.75, 3.05) is 5.32 Å². The molecule has 9 heteroatoms. The van der Waals surface area contributed by atoms with Crippen molar-refractivity contribution in [2.24, 2.45) is 0 Å². The topological polar surface area (TPSA) is 108 Å². The van der Waals surface area contributed by atoms with Gasteiger partial charge in [0.25, 0.3) is 10.0 Å². The average molecular weight is 426 g/mol. The van der Waals surface area contributed by atoms with E-state index in [1.807, 2.05) is 50.6 Å². The van der Waals surface area contributed by atoms with E-state index in [2.05, 4.69) is 10.3 Å². The Morgan fingerprint density at radius 1 is 1.14 bits per heavy atom. The summed E-state index contributed by atoms with van der Waals surface area (Å²) >= 11 is 0.820. The summed E-state index contributed by atoms with van der Waals surface area (Å²) in [5, 5.41) is 12.7. The number of sulfonamides is 1. The van der Waals surface area contributed by atoms with Crippen molar-refractivity contribution < 1.29 is 18.3 Å². The van der Waals surface area contributed by atoms with Crippen LogP contribution in [-0.2, 0) is 15.6 Å². The Bertz CT molecular complexity index is 932. The average Bonchev–Trinajstić information content (AvgIpc) is 3.05. The summed E-state index contributed by atoms with van der Waals surface area (Å²) in [6.45, 7) is 11.1. The van der Waals surface area contributed by atoms with Crippen LogP contribution in [0.5, 0.6) is 0 Å². The lowest BCUT2D eigenvalue weighted by atomic mass is 9.93. The molecule has 28 heavy (non-hydrogen) atoms. The number of amides is 2. The standard InChI is InChI=1S/C19H27N3O4S2/c1-11(2)13-8-7-9-14(12(3)4)16(13)21-17(23)22-28(25,26)18-20-10-15(27-18)19(5,6)24/h7-12,24H,1-6H3,(H2,21,22,23). The van der Waals surface area contributed by atoms with E-state index in [-0.39, 0.29) is 16.2 Å². The van der Waals surface area contributed by atoms with Crippen LogP contribution in [-0.4, -0.2) is 24.5 Å². The number of nitrogens with zero attached hydrogens (tertiary/aromatic N) is 1. The summed E-state index contributed by atoms with van der Waals surface area (Å²) in [6, 6.07) is 4.90. The number of carbonyl (C=O) groups excluding carboxylic acids is 1. The van der Waals surface area contributed by atoms with Gasteiger partial charge in [0.2, 0.25) is 4.34 Å². The molecule has 2 aromatic rings. The Kier molecular flexibility index (Phi) is 6.52. The van der Waals surface area contributed by atoms with Crippen molar-refractivity contribution in [1.82, 2.24) is 9.71 Å². The minimum Gasteiger partial charge on any atom is -0.385 e. The zero-order valence-corrected chi connectivity index (χ0v) is 18.5. The molecular formula is C19H27N3O4S2. The number of nitrogens with one attached hydrogen (secondary N) is 2. The minimum atomic E-state index is -4.15. The summed E-state index contributed by atoms with van der Waals surface area (Å²) < 4.78 is 26.7. The van der Waals surface area contributed by atoms with Crippen LogP contribution in [0.4, 0.5) is 10.5 Å². The predicted octanol–water partition coefficient (Wildman–Crippen LogP) is 4.13. The van der Waals surface area contributed by atoms with Crippen molar-refractivity contribution in [3.63, 3.8) is 0 Å². The number of thiazole rings is 1. The highest BCUT2D eigenvalue weighted by molar-refractivity contribution is 7.92. The van der Waals surface area contributed by atoms with Crippen LogP contribution >= 0.6 is 11.3 Å². The van der Waals surface area contributed by atoms with Gasteiger partial charge in [-0.2, -0.15) is 8.42 Å². The molecule has 0 saturated carbocycles. The number of aromatic nitrogens is 1. The number of urea groups is 1. The zero-order chi connectivity index (χ0) is 21.3. The molecule has 0 aliphatic rings. The second-order valence-electron chi connectivity index (χ2n) is 7.73. The normalized spacial score (nSPS) is 12.5. The number of hydrogen-bond acceptors (Lipinski definition) is 6. The fraction of sp³-hybridized carbons (Fsp3) is 0.474. The van der Waals surface area contributed by atoms with E-state index in [1.54, 1.807) is 0 Å². The first-order chi connectivity index (χ1) is 12.8. The number of anilines is 1. The number of carbonyl (C=O) groups is 1. The quantitative estimate of drug-likeness (QED) is 0.645. The molecule has 0 aliphatic carbocycles. The molecule has 0 spiro atoms. The lowest BCUT2D eigenvalue weighted by Crippen LogP contribution is -2.35. The third kappa shape index (κ3) is 5.09. The lowest BCUT2D eigenvalue weighted by Gasteiger charge is -2.20. The third-order valence-electron chi connectivity index (χ3n) is 4.16. The van der Waals surface area contributed by atoms with Crippen LogP contribution in [0.3, 0.4) is 0 Å². The van der Waals surface area contributed by atoms with Gasteiger partial charge in [-0.1, -0.05) is 45.9 Å². The first kappa shape index (κ1) is 22.3.